The van der Waals surface area contributed by atoms with Gasteiger partial charge < -0.3 is 9.84 Å². The number of morpholine rings is 1. The molecule has 0 aromatic heterocycles. The van der Waals surface area contributed by atoms with Gasteiger partial charge in [-0.05, 0) is 56.4 Å². The monoisotopic (exact) mass is 261 g/mol. The minimum atomic E-state index is 0.0724. The van der Waals surface area contributed by atoms with Gasteiger partial charge in [0, 0.05) is 18.1 Å². The van der Waals surface area contributed by atoms with E-state index in [0.717, 1.165) is 26.2 Å². The third-order valence-corrected chi connectivity index (χ3v) is 4.50. The molecule has 0 spiro atoms. The number of aromatic hydroxyl groups is 1. The Morgan fingerprint density at radius 3 is 3.00 bits per heavy atom. The van der Waals surface area contributed by atoms with Gasteiger partial charge in [-0.3, -0.25) is 4.90 Å². The molecule has 19 heavy (non-hydrogen) atoms. The first-order valence-electron chi connectivity index (χ1n) is 7.24. The number of ether oxygens (including phenoxy) is 1. The Labute approximate surface area is 115 Å². The molecule has 3 heteroatoms. The predicted octanol–water partition coefficient (Wildman–Crippen LogP) is 2.88. The van der Waals surface area contributed by atoms with Gasteiger partial charge in [-0.15, -0.1) is 0 Å². The molecule has 1 aromatic rings. The van der Waals surface area contributed by atoms with E-state index < -0.39 is 0 Å². The first-order chi connectivity index (χ1) is 9.08. The predicted molar refractivity (Wildman–Crippen MR) is 75.4 cm³/mol. The van der Waals surface area contributed by atoms with Crippen molar-refractivity contribution in [3.05, 3.63) is 29.3 Å². The summed E-state index contributed by atoms with van der Waals surface area (Å²) in [5, 5.41) is 9.79. The largest absolute Gasteiger partial charge is 0.508 e. The quantitative estimate of drug-likeness (QED) is 0.843. The van der Waals surface area contributed by atoms with E-state index in [-0.39, 0.29) is 5.54 Å². The van der Waals surface area contributed by atoms with Crippen LogP contribution in [-0.4, -0.2) is 35.3 Å². The van der Waals surface area contributed by atoms with E-state index in [2.05, 4.69) is 24.8 Å². The maximum atomic E-state index is 9.79. The Balaban J connectivity index is 1.96. The molecule has 1 atom stereocenters. The number of rotatable bonds is 1. The molecule has 1 aromatic carbocycles. The van der Waals surface area contributed by atoms with E-state index in [9.17, 15) is 5.11 Å². The summed E-state index contributed by atoms with van der Waals surface area (Å²) in [7, 11) is 0. The summed E-state index contributed by atoms with van der Waals surface area (Å²) < 4.78 is 5.63. The summed E-state index contributed by atoms with van der Waals surface area (Å²) in [6.07, 6.45) is 3.55. The standard InChI is InChI=1S/C16H23NO2/c1-16(2)11-19-9-8-17(16)15-5-3-4-12-6-7-13(18)10-14(12)15/h6-7,10,15,18H,3-5,8-9,11H2,1-2H3. The van der Waals surface area contributed by atoms with Crippen LogP contribution in [0, 0.1) is 0 Å². The van der Waals surface area contributed by atoms with E-state index >= 15 is 0 Å². The number of aryl methyl sites for hydroxylation is 1. The summed E-state index contributed by atoms with van der Waals surface area (Å²) >= 11 is 0. The van der Waals surface area contributed by atoms with Gasteiger partial charge in [0.2, 0.25) is 0 Å². The van der Waals surface area contributed by atoms with Gasteiger partial charge in [-0.2, -0.15) is 0 Å². The first kappa shape index (κ1) is 12.9. The van der Waals surface area contributed by atoms with Gasteiger partial charge >= 0.3 is 0 Å². The minimum Gasteiger partial charge on any atom is -0.508 e. The molecule has 104 valence electrons. The molecular weight excluding hydrogens is 238 g/mol. The van der Waals surface area contributed by atoms with Gasteiger partial charge in [0.15, 0.2) is 0 Å². The average Bonchev–Trinajstić information content (AvgIpc) is 2.38. The number of phenolic OH excluding ortho intramolecular Hbond substituents is 1. The van der Waals surface area contributed by atoms with E-state index in [1.54, 1.807) is 0 Å². The van der Waals surface area contributed by atoms with Crippen LogP contribution in [0.3, 0.4) is 0 Å². The van der Waals surface area contributed by atoms with Gasteiger partial charge in [0.1, 0.15) is 5.75 Å². The zero-order valence-corrected chi connectivity index (χ0v) is 11.9. The molecule has 1 N–H and O–H groups in total. The molecule has 0 amide bonds. The number of phenols is 1. The molecule has 3 nitrogen and oxygen atoms in total. The molecule has 3 rings (SSSR count). The van der Waals surface area contributed by atoms with Gasteiger partial charge in [0.05, 0.1) is 13.2 Å². The number of benzene rings is 1. The molecular formula is C16H23NO2. The normalized spacial score (nSPS) is 26.9. The van der Waals surface area contributed by atoms with Crippen LogP contribution < -0.4 is 0 Å². The topological polar surface area (TPSA) is 32.7 Å². The third-order valence-electron chi connectivity index (χ3n) is 4.50. The Kier molecular flexibility index (Phi) is 3.27. The van der Waals surface area contributed by atoms with Crippen LogP contribution in [0.1, 0.15) is 43.9 Å². The molecule has 1 fully saturated rings. The zero-order valence-electron chi connectivity index (χ0n) is 11.9. The van der Waals surface area contributed by atoms with Crippen molar-refractivity contribution in [1.29, 1.82) is 0 Å². The number of nitrogens with zero attached hydrogens (tertiary/aromatic N) is 1. The van der Waals surface area contributed by atoms with Crippen LogP contribution in [0.4, 0.5) is 0 Å². The van der Waals surface area contributed by atoms with Crippen LogP contribution in [0.2, 0.25) is 0 Å². The lowest BCUT2D eigenvalue weighted by Gasteiger charge is -2.48. The van der Waals surface area contributed by atoms with Crippen molar-refractivity contribution in [2.75, 3.05) is 19.8 Å². The molecule has 1 aliphatic carbocycles. The lowest BCUT2D eigenvalue weighted by Crippen LogP contribution is -2.54. The molecule has 2 aliphatic rings. The molecule has 0 bridgehead atoms. The van der Waals surface area contributed by atoms with Crippen LogP contribution in [0.5, 0.6) is 5.75 Å². The van der Waals surface area contributed by atoms with Crippen LogP contribution >= 0.6 is 0 Å². The van der Waals surface area contributed by atoms with Crippen molar-refractivity contribution >= 4 is 0 Å². The Morgan fingerprint density at radius 1 is 1.37 bits per heavy atom. The highest BCUT2D eigenvalue weighted by atomic mass is 16.5. The maximum absolute atomic E-state index is 9.79. The van der Waals surface area contributed by atoms with Crippen LogP contribution in [0.25, 0.3) is 0 Å². The Hall–Kier alpha value is -1.06. The fourth-order valence-electron chi connectivity index (χ4n) is 3.53. The van der Waals surface area contributed by atoms with Crippen LogP contribution in [-0.2, 0) is 11.2 Å². The lowest BCUT2D eigenvalue weighted by molar-refractivity contribution is -0.0759. The smallest absolute Gasteiger partial charge is 0.115 e. The molecule has 1 heterocycles. The summed E-state index contributed by atoms with van der Waals surface area (Å²) in [4.78, 5) is 2.56. The number of fused-ring (bicyclic) bond motifs is 1. The Morgan fingerprint density at radius 2 is 2.21 bits per heavy atom. The molecule has 0 radical (unpaired) electrons. The summed E-state index contributed by atoms with van der Waals surface area (Å²) in [6.45, 7) is 7.09. The zero-order chi connectivity index (χ0) is 13.5. The van der Waals surface area contributed by atoms with E-state index in [0.29, 0.717) is 11.8 Å². The highest BCUT2D eigenvalue weighted by Gasteiger charge is 2.37. The van der Waals surface area contributed by atoms with E-state index in [4.69, 9.17) is 4.74 Å². The minimum absolute atomic E-state index is 0.0724. The van der Waals surface area contributed by atoms with Crippen LogP contribution in [0.15, 0.2) is 18.2 Å². The summed E-state index contributed by atoms with van der Waals surface area (Å²) in [5.41, 5.74) is 2.79. The highest BCUT2D eigenvalue weighted by molar-refractivity contribution is 5.38. The number of hydrogen-bond acceptors (Lipinski definition) is 3. The lowest BCUT2D eigenvalue weighted by atomic mass is 9.84. The summed E-state index contributed by atoms with van der Waals surface area (Å²) in [6, 6.07) is 6.29. The SMILES string of the molecule is CC1(C)COCCN1C1CCCc2ccc(O)cc21. The highest BCUT2D eigenvalue weighted by Crippen LogP contribution is 2.40. The Bertz CT molecular complexity index is 470. The summed E-state index contributed by atoms with van der Waals surface area (Å²) in [5.74, 6) is 0.386. The van der Waals surface area contributed by atoms with Crippen molar-refractivity contribution in [3.63, 3.8) is 0 Å². The second kappa shape index (κ2) is 4.80. The van der Waals surface area contributed by atoms with Crippen molar-refractivity contribution in [2.45, 2.75) is 44.7 Å². The van der Waals surface area contributed by atoms with Crippen molar-refractivity contribution in [1.82, 2.24) is 4.90 Å². The van der Waals surface area contributed by atoms with Crippen molar-refractivity contribution < 1.29 is 9.84 Å². The van der Waals surface area contributed by atoms with E-state index in [1.165, 1.54) is 24.0 Å². The number of hydrogen-bond donors (Lipinski definition) is 1. The molecule has 1 saturated heterocycles. The van der Waals surface area contributed by atoms with Gasteiger partial charge in [0.25, 0.3) is 0 Å². The molecule has 1 aliphatic heterocycles. The average molecular weight is 261 g/mol. The van der Waals surface area contributed by atoms with Gasteiger partial charge in [-0.25, -0.2) is 0 Å². The van der Waals surface area contributed by atoms with Gasteiger partial charge in [-0.1, -0.05) is 6.07 Å². The maximum Gasteiger partial charge on any atom is 0.115 e. The van der Waals surface area contributed by atoms with Crippen molar-refractivity contribution in [2.24, 2.45) is 0 Å². The van der Waals surface area contributed by atoms with Crippen molar-refractivity contribution in [3.8, 4) is 5.75 Å². The fourth-order valence-corrected chi connectivity index (χ4v) is 3.53. The third kappa shape index (κ3) is 2.37. The second-order valence-electron chi connectivity index (χ2n) is 6.35. The fraction of sp³-hybridized carbons (Fsp3) is 0.625. The second-order valence-corrected chi connectivity index (χ2v) is 6.35. The van der Waals surface area contributed by atoms with E-state index in [1.807, 2.05) is 12.1 Å². The first-order valence-corrected chi connectivity index (χ1v) is 7.24. The molecule has 0 saturated carbocycles. The molecule has 1 unspecified atom stereocenters.